The molecule has 3 aromatic rings. The molecular weight excluding hydrogens is 1040 g/mol. The molecule has 6 atom stereocenters. The molecule has 9 aliphatic heterocycles. The third-order valence-electron chi connectivity index (χ3n) is 15.2. The van der Waals surface area contributed by atoms with Crippen LogP contribution in [0.25, 0.3) is 0 Å². The molecule has 74 heavy (non-hydrogen) atoms. The molecular formula is C53H64BrClN10O9. The number of halogens is 2. The zero-order valence-corrected chi connectivity index (χ0v) is 44.1. The standard InChI is InChI=1S/C18H21N3O3.C17H20N4O3.C13H11BrN2O3.C5H11N.ClH/c1-11-6-7-20(9-11)13-2-3-14-12(8-13)10-21(18(14)24)15-4-5-16(22)19-17(15)23;18-11-5-6-20(9-11)12-1-2-13-10(7-12)8-21(17(13)24)14-3-4-15(22)19-16(14)23;14-8-1-2-9-7(5-8)6-16(13(9)19)10-3-4-11(17)15-12(10)18;1-5-2-3-6-4-5;/h2-3,8,11,15H,4-7,9-10H2,1H3,(H,19,22,23);1-2,7,11,14H,3-6,8-9,18H2,(H,19,22,23);1-2,5,10H,3-4,6H2,(H,15,17,18);5-6H,2-4H2,1H3;1H/t11-,15?;11-,14?;;5-;/m00.0./s1. The van der Waals surface area contributed by atoms with E-state index in [1.165, 1.54) is 25.9 Å². The molecule has 394 valence electrons. The number of carbonyl (C=O) groups excluding carboxylic acids is 9. The van der Waals surface area contributed by atoms with Gasteiger partial charge < -0.3 is 35.6 Å². The lowest BCUT2D eigenvalue weighted by Crippen LogP contribution is -2.52. The van der Waals surface area contributed by atoms with Crippen molar-refractivity contribution in [2.24, 2.45) is 17.6 Å². The molecule has 0 bridgehead atoms. The van der Waals surface area contributed by atoms with E-state index in [-0.39, 0.29) is 90.9 Å². The monoisotopic (exact) mass is 1100 g/mol. The van der Waals surface area contributed by atoms with Gasteiger partial charge in [0.25, 0.3) is 17.7 Å². The number of piperidine rings is 3. The molecule has 9 aliphatic rings. The van der Waals surface area contributed by atoms with E-state index in [0.717, 1.165) is 71.1 Å². The summed E-state index contributed by atoms with van der Waals surface area (Å²) >= 11 is 3.37. The average Bonchev–Trinajstić information content (AvgIpc) is 4.24. The minimum absolute atomic E-state index is 0. The van der Waals surface area contributed by atoms with Gasteiger partial charge in [-0.3, -0.25) is 59.1 Å². The van der Waals surface area contributed by atoms with Gasteiger partial charge in [0.2, 0.25) is 35.4 Å². The molecule has 6 fully saturated rings. The van der Waals surface area contributed by atoms with Gasteiger partial charge in [0.1, 0.15) is 18.1 Å². The number of hydrogen-bond donors (Lipinski definition) is 5. The molecule has 12 rings (SSSR count). The summed E-state index contributed by atoms with van der Waals surface area (Å²) in [4.78, 5) is 117. The molecule has 0 aromatic heterocycles. The molecule has 0 spiro atoms. The molecule has 3 unspecified atom stereocenters. The van der Waals surface area contributed by atoms with E-state index < -0.39 is 18.1 Å². The van der Waals surface area contributed by atoms with Gasteiger partial charge in [-0.05, 0) is 135 Å². The summed E-state index contributed by atoms with van der Waals surface area (Å²) in [7, 11) is 0. The van der Waals surface area contributed by atoms with Crippen LogP contribution in [0.15, 0.2) is 59.1 Å². The van der Waals surface area contributed by atoms with Gasteiger partial charge in [0, 0.05) is 104 Å². The number of hydrogen-bond acceptors (Lipinski definition) is 13. The van der Waals surface area contributed by atoms with Crippen LogP contribution in [0.1, 0.15) is 119 Å². The first-order chi connectivity index (χ1) is 35.0. The van der Waals surface area contributed by atoms with Crippen LogP contribution in [-0.4, -0.2) is 131 Å². The Morgan fingerprint density at radius 2 is 0.932 bits per heavy atom. The number of imide groups is 3. The van der Waals surface area contributed by atoms with Crippen molar-refractivity contribution in [3.8, 4) is 0 Å². The first kappa shape index (κ1) is 54.1. The van der Waals surface area contributed by atoms with Crippen molar-refractivity contribution in [3.63, 3.8) is 0 Å². The van der Waals surface area contributed by atoms with E-state index >= 15 is 0 Å². The third-order valence-corrected chi connectivity index (χ3v) is 15.7. The van der Waals surface area contributed by atoms with E-state index in [4.69, 9.17) is 5.73 Å². The van der Waals surface area contributed by atoms with E-state index in [2.05, 4.69) is 66.9 Å². The Bertz CT molecular complexity index is 2630. The van der Waals surface area contributed by atoms with Crippen molar-refractivity contribution >= 4 is 92.9 Å². The van der Waals surface area contributed by atoms with Crippen LogP contribution < -0.4 is 36.8 Å². The van der Waals surface area contributed by atoms with Crippen molar-refractivity contribution in [1.82, 2.24) is 36.0 Å². The van der Waals surface area contributed by atoms with Crippen LogP contribution in [-0.2, 0) is 48.4 Å². The highest BCUT2D eigenvalue weighted by Crippen LogP contribution is 2.34. The highest BCUT2D eigenvalue weighted by Gasteiger charge is 2.42. The van der Waals surface area contributed by atoms with Crippen molar-refractivity contribution in [1.29, 1.82) is 0 Å². The van der Waals surface area contributed by atoms with E-state index in [1.54, 1.807) is 20.8 Å². The highest BCUT2D eigenvalue weighted by molar-refractivity contribution is 9.10. The molecule has 0 radical (unpaired) electrons. The summed E-state index contributed by atoms with van der Waals surface area (Å²) < 4.78 is 0.907. The predicted octanol–water partition coefficient (Wildman–Crippen LogP) is 3.53. The Kier molecular flexibility index (Phi) is 16.9. The summed E-state index contributed by atoms with van der Waals surface area (Å²) in [6.45, 7) is 12.1. The van der Waals surface area contributed by atoms with E-state index in [1.807, 2.05) is 42.5 Å². The number of nitrogens with one attached hydrogen (secondary N) is 4. The normalized spacial score (nSPS) is 25.9. The first-order valence-corrected chi connectivity index (χ1v) is 26.2. The van der Waals surface area contributed by atoms with Gasteiger partial charge in [0.05, 0.1) is 0 Å². The van der Waals surface area contributed by atoms with Crippen LogP contribution in [0.3, 0.4) is 0 Å². The minimum atomic E-state index is -0.564. The first-order valence-electron chi connectivity index (χ1n) is 25.5. The maximum absolute atomic E-state index is 12.7. The molecule has 6 saturated heterocycles. The summed E-state index contributed by atoms with van der Waals surface area (Å²) in [5.41, 5.74) is 13.0. The maximum Gasteiger partial charge on any atom is 0.255 e. The van der Waals surface area contributed by atoms with Gasteiger partial charge in [-0.2, -0.15) is 0 Å². The second-order valence-corrected chi connectivity index (χ2v) is 21.5. The van der Waals surface area contributed by atoms with Crippen molar-refractivity contribution in [3.05, 3.63) is 92.5 Å². The number of amides is 9. The zero-order chi connectivity index (χ0) is 51.7. The lowest BCUT2D eigenvalue weighted by Gasteiger charge is -2.29. The largest absolute Gasteiger partial charge is 0.371 e. The SMILES string of the molecule is C[C@H]1CCN(c2ccc3c(c2)CN(C2CCC(=O)NC2=O)C3=O)C1.C[C@H]1CCNC1.Cl.N[C@H]1CCN(c2ccc3c(c2)CN(C2CCC(=O)NC2=O)C3=O)C1.O=C1CCC(N2Cc3cc(Br)ccc3C2=O)C(=O)N1. The Labute approximate surface area is 444 Å². The summed E-state index contributed by atoms with van der Waals surface area (Å²) in [5, 5.41) is 10.2. The Hall–Kier alpha value is -6.22. The minimum Gasteiger partial charge on any atom is -0.371 e. The van der Waals surface area contributed by atoms with Crippen LogP contribution in [0.2, 0.25) is 0 Å². The van der Waals surface area contributed by atoms with Crippen molar-refractivity contribution in [2.75, 3.05) is 49.1 Å². The molecule has 0 aliphatic carbocycles. The van der Waals surface area contributed by atoms with Gasteiger partial charge >= 0.3 is 0 Å². The molecule has 3 aromatic carbocycles. The topological polar surface area (TPSA) is 244 Å². The summed E-state index contributed by atoms with van der Waals surface area (Å²) in [5.74, 6) is -0.672. The number of rotatable bonds is 5. The van der Waals surface area contributed by atoms with Crippen molar-refractivity contribution in [2.45, 2.75) is 115 Å². The number of nitrogens with zero attached hydrogens (tertiary/aromatic N) is 5. The Balaban J connectivity index is 0.000000140. The van der Waals surface area contributed by atoms with Gasteiger partial charge in [-0.25, -0.2) is 0 Å². The summed E-state index contributed by atoms with van der Waals surface area (Å²) in [6.07, 6.45) is 5.56. The molecule has 21 heteroatoms. The number of nitrogens with two attached hydrogens (primary N) is 1. The second-order valence-electron chi connectivity index (χ2n) is 20.6. The maximum atomic E-state index is 12.7. The number of anilines is 2. The van der Waals surface area contributed by atoms with Crippen molar-refractivity contribution < 1.29 is 43.2 Å². The number of carbonyl (C=O) groups is 9. The highest BCUT2D eigenvalue weighted by atomic mass is 79.9. The fourth-order valence-corrected chi connectivity index (χ4v) is 11.5. The lowest BCUT2D eigenvalue weighted by molar-refractivity contribution is -0.138. The van der Waals surface area contributed by atoms with Gasteiger partial charge in [-0.15, -0.1) is 12.4 Å². The quantitative estimate of drug-likeness (QED) is 0.230. The fraction of sp³-hybridized carbons (Fsp3) is 0.491. The van der Waals surface area contributed by atoms with E-state index in [0.29, 0.717) is 61.5 Å². The molecule has 19 nitrogen and oxygen atoms in total. The summed E-state index contributed by atoms with van der Waals surface area (Å²) in [6, 6.07) is 15.8. The molecule has 9 amide bonds. The van der Waals surface area contributed by atoms with Crippen LogP contribution >= 0.6 is 28.3 Å². The number of fused-ring (bicyclic) bond motifs is 3. The Morgan fingerprint density at radius 1 is 0.514 bits per heavy atom. The van der Waals surface area contributed by atoms with E-state index in [9.17, 15) is 43.2 Å². The van der Waals surface area contributed by atoms with Gasteiger partial charge in [-0.1, -0.05) is 29.8 Å². The molecule has 0 saturated carbocycles. The lowest BCUT2D eigenvalue weighted by atomic mass is 10.0. The average molecular weight is 1100 g/mol. The molecule has 6 N–H and O–H groups in total. The van der Waals surface area contributed by atoms with Crippen LogP contribution in [0, 0.1) is 11.8 Å². The smallest absolute Gasteiger partial charge is 0.255 e. The second kappa shape index (κ2) is 23.1. The van der Waals surface area contributed by atoms with Crippen LogP contribution in [0.4, 0.5) is 11.4 Å². The Morgan fingerprint density at radius 3 is 1.28 bits per heavy atom. The van der Waals surface area contributed by atoms with Gasteiger partial charge in [0.15, 0.2) is 0 Å². The third kappa shape index (κ3) is 11.8. The zero-order valence-electron chi connectivity index (χ0n) is 41.7. The molecule has 9 heterocycles. The number of benzene rings is 3. The fourth-order valence-electron chi connectivity index (χ4n) is 11.0. The van der Waals surface area contributed by atoms with Crippen LogP contribution in [0.5, 0.6) is 0 Å². The predicted molar refractivity (Wildman–Crippen MR) is 280 cm³/mol.